The molecular formula is C17H15N3O3. The first-order chi connectivity index (χ1) is 11.1. The topological polar surface area (TPSA) is 72.7 Å². The van der Waals surface area contributed by atoms with Crippen LogP contribution in [-0.4, -0.2) is 22.4 Å². The number of ether oxygens (including phenoxy) is 1. The average Bonchev–Trinajstić information content (AvgIpc) is 2.58. The van der Waals surface area contributed by atoms with Gasteiger partial charge in [0.05, 0.1) is 13.3 Å². The lowest BCUT2D eigenvalue weighted by molar-refractivity contribution is 0.102. The van der Waals surface area contributed by atoms with E-state index in [4.69, 9.17) is 4.74 Å². The molecule has 2 heterocycles. The van der Waals surface area contributed by atoms with Gasteiger partial charge in [-0.2, -0.15) is 0 Å². The summed E-state index contributed by atoms with van der Waals surface area (Å²) in [6.45, 7) is 1.87. The van der Waals surface area contributed by atoms with E-state index in [1.54, 1.807) is 43.6 Å². The molecule has 6 nitrogen and oxygen atoms in total. The maximum atomic E-state index is 12.4. The van der Waals surface area contributed by atoms with Gasteiger partial charge in [-0.1, -0.05) is 6.07 Å². The first-order valence-corrected chi connectivity index (χ1v) is 7.02. The number of carbonyl (C=O) groups excluding carboxylic acids is 1. The maximum Gasteiger partial charge on any atom is 0.281 e. The Hall–Kier alpha value is -3.15. The van der Waals surface area contributed by atoms with Crippen molar-refractivity contribution in [2.75, 3.05) is 12.4 Å². The van der Waals surface area contributed by atoms with Crippen molar-refractivity contribution in [2.45, 2.75) is 6.92 Å². The van der Waals surface area contributed by atoms with Crippen LogP contribution < -0.4 is 15.6 Å². The van der Waals surface area contributed by atoms with Crippen LogP contribution in [0.2, 0.25) is 0 Å². The second-order valence-corrected chi connectivity index (χ2v) is 5.04. The van der Waals surface area contributed by atoms with Gasteiger partial charge in [-0.05, 0) is 42.8 Å². The van der Waals surface area contributed by atoms with Crippen molar-refractivity contribution < 1.29 is 9.53 Å². The molecule has 2 aromatic heterocycles. The third-order valence-electron chi connectivity index (χ3n) is 3.53. The van der Waals surface area contributed by atoms with Crippen molar-refractivity contribution in [1.82, 2.24) is 9.38 Å². The molecule has 1 aromatic carbocycles. The summed E-state index contributed by atoms with van der Waals surface area (Å²) in [7, 11) is 1.55. The number of benzene rings is 1. The molecule has 3 rings (SSSR count). The van der Waals surface area contributed by atoms with Gasteiger partial charge in [0.25, 0.3) is 11.5 Å². The number of rotatable bonds is 3. The minimum atomic E-state index is -0.376. The molecule has 23 heavy (non-hydrogen) atoms. The van der Waals surface area contributed by atoms with Gasteiger partial charge in [-0.15, -0.1) is 0 Å². The number of aromatic nitrogens is 2. The van der Waals surface area contributed by atoms with Crippen LogP contribution in [0.4, 0.5) is 5.69 Å². The number of nitrogens with zero attached hydrogens (tertiary/aromatic N) is 2. The zero-order valence-corrected chi connectivity index (χ0v) is 12.7. The highest BCUT2D eigenvalue weighted by molar-refractivity contribution is 6.04. The molecule has 0 radical (unpaired) electrons. The van der Waals surface area contributed by atoms with Crippen LogP contribution in [0.25, 0.3) is 5.65 Å². The zero-order valence-electron chi connectivity index (χ0n) is 12.7. The molecule has 0 aliphatic rings. The molecule has 0 fully saturated rings. The minimum Gasteiger partial charge on any atom is -0.497 e. The summed E-state index contributed by atoms with van der Waals surface area (Å²) in [4.78, 5) is 28.9. The van der Waals surface area contributed by atoms with Gasteiger partial charge in [-0.3, -0.25) is 14.0 Å². The number of hydrogen-bond acceptors (Lipinski definition) is 4. The summed E-state index contributed by atoms with van der Waals surface area (Å²) in [6, 6.07) is 10.3. The molecule has 0 unspecified atom stereocenters. The van der Waals surface area contributed by atoms with E-state index in [0.717, 1.165) is 5.56 Å². The predicted octanol–water partition coefficient (Wildman–Crippen LogP) is 2.26. The van der Waals surface area contributed by atoms with Crippen molar-refractivity contribution in [3.63, 3.8) is 0 Å². The molecule has 0 aliphatic heterocycles. The molecule has 3 aromatic rings. The van der Waals surface area contributed by atoms with Crippen LogP contribution >= 0.6 is 0 Å². The lowest BCUT2D eigenvalue weighted by Crippen LogP contribution is -2.23. The fraction of sp³-hybridized carbons (Fsp3) is 0.118. The molecular weight excluding hydrogens is 294 g/mol. The first-order valence-electron chi connectivity index (χ1n) is 7.02. The van der Waals surface area contributed by atoms with Crippen molar-refractivity contribution in [1.29, 1.82) is 0 Å². The highest BCUT2D eigenvalue weighted by atomic mass is 16.5. The molecule has 6 heteroatoms. The second-order valence-electron chi connectivity index (χ2n) is 5.04. The molecule has 1 N–H and O–H groups in total. The highest BCUT2D eigenvalue weighted by Gasteiger charge is 2.11. The Balaban J connectivity index is 1.93. The monoisotopic (exact) mass is 309 g/mol. The van der Waals surface area contributed by atoms with Crippen LogP contribution in [0.1, 0.15) is 15.9 Å². The standard InChI is InChI=1S/C17H15N3O3/c1-11-4-3-9-20-15(11)18-10-14(17(20)22)19-16(21)12-5-7-13(23-2)8-6-12/h3-10H,1-2H3,(H,19,21). The molecule has 1 amide bonds. The van der Waals surface area contributed by atoms with Gasteiger partial charge in [0, 0.05) is 11.8 Å². The molecule has 0 aliphatic carbocycles. The Labute approximate surface area is 132 Å². The van der Waals surface area contributed by atoms with Gasteiger partial charge in [0.1, 0.15) is 17.1 Å². The van der Waals surface area contributed by atoms with Crippen molar-refractivity contribution >= 4 is 17.2 Å². The van der Waals surface area contributed by atoms with E-state index in [2.05, 4.69) is 10.3 Å². The van der Waals surface area contributed by atoms with E-state index in [1.165, 1.54) is 10.6 Å². The van der Waals surface area contributed by atoms with E-state index in [0.29, 0.717) is 17.0 Å². The summed E-state index contributed by atoms with van der Waals surface area (Å²) in [5.74, 6) is 0.281. The number of hydrogen-bond donors (Lipinski definition) is 1. The Kier molecular flexibility index (Phi) is 3.80. The number of methoxy groups -OCH3 is 1. The maximum absolute atomic E-state index is 12.4. The Morgan fingerprint density at radius 1 is 1.22 bits per heavy atom. The molecule has 0 saturated carbocycles. The molecule has 0 saturated heterocycles. The quantitative estimate of drug-likeness (QED) is 0.805. The van der Waals surface area contributed by atoms with E-state index >= 15 is 0 Å². The number of nitrogens with one attached hydrogen (secondary N) is 1. The predicted molar refractivity (Wildman–Crippen MR) is 87.1 cm³/mol. The minimum absolute atomic E-state index is 0.133. The Morgan fingerprint density at radius 2 is 1.96 bits per heavy atom. The van der Waals surface area contributed by atoms with Gasteiger partial charge in [0.15, 0.2) is 0 Å². The molecule has 0 atom stereocenters. The zero-order chi connectivity index (χ0) is 16.4. The van der Waals surface area contributed by atoms with Crippen LogP contribution in [0.15, 0.2) is 53.6 Å². The van der Waals surface area contributed by atoms with E-state index in [1.807, 2.05) is 13.0 Å². The first kappa shape index (κ1) is 14.8. The van der Waals surface area contributed by atoms with Gasteiger partial charge in [0.2, 0.25) is 0 Å². The van der Waals surface area contributed by atoms with Crippen LogP contribution in [-0.2, 0) is 0 Å². The largest absolute Gasteiger partial charge is 0.497 e. The molecule has 116 valence electrons. The molecule has 0 bridgehead atoms. The summed E-state index contributed by atoms with van der Waals surface area (Å²) < 4.78 is 6.47. The van der Waals surface area contributed by atoms with E-state index < -0.39 is 0 Å². The van der Waals surface area contributed by atoms with E-state index in [9.17, 15) is 9.59 Å². The smallest absolute Gasteiger partial charge is 0.281 e. The van der Waals surface area contributed by atoms with Crippen LogP contribution in [0.3, 0.4) is 0 Å². The number of pyridine rings is 1. The summed E-state index contributed by atoms with van der Waals surface area (Å²) >= 11 is 0. The lowest BCUT2D eigenvalue weighted by atomic mass is 10.2. The van der Waals surface area contributed by atoms with Crippen molar-refractivity contribution in [3.05, 3.63) is 70.3 Å². The third-order valence-corrected chi connectivity index (χ3v) is 3.53. The summed E-state index contributed by atoms with van der Waals surface area (Å²) in [5.41, 5.74) is 1.70. The number of aryl methyl sites for hydroxylation is 1. The number of carbonyl (C=O) groups is 1. The van der Waals surface area contributed by atoms with Crippen molar-refractivity contribution in [3.8, 4) is 5.75 Å². The van der Waals surface area contributed by atoms with Crippen LogP contribution in [0, 0.1) is 6.92 Å². The number of anilines is 1. The summed E-state index contributed by atoms with van der Waals surface area (Å²) in [5, 5.41) is 2.60. The van der Waals surface area contributed by atoms with Gasteiger partial charge >= 0.3 is 0 Å². The highest BCUT2D eigenvalue weighted by Crippen LogP contribution is 2.13. The van der Waals surface area contributed by atoms with Gasteiger partial charge in [-0.25, -0.2) is 4.98 Å². The fourth-order valence-electron chi connectivity index (χ4n) is 2.27. The SMILES string of the molecule is COc1ccc(C(=O)Nc2cnc3c(C)cccn3c2=O)cc1. The second kappa shape index (κ2) is 5.92. The number of fused-ring (bicyclic) bond motifs is 1. The average molecular weight is 309 g/mol. The lowest BCUT2D eigenvalue weighted by Gasteiger charge is -2.08. The number of amides is 1. The van der Waals surface area contributed by atoms with Gasteiger partial charge < -0.3 is 10.1 Å². The van der Waals surface area contributed by atoms with Crippen LogP contribution in [0.5, 0.6) is 5.75 Å². The van der Waals surface area contributed by atoms with Crippen molar-refractivity contribution in [2.24, 2.45) is 0 Å². The third kappa shape index (κ3) is 2.78. The van der Waals surface area contributed by atoms with E-state index in [-0.39, 0.29) is 17.2 Å². The Morgan fingerprint density at radius 3 is 2.65 bits per heavy atom. The fourth-order valence-corrected chi connectivity index (χ4v) is 2.27. The molecule has 0 spiro atoms. The summed E-state index contributed by atoms with van der Waals surface area (Å²) in [6.07, 6.45) is 3.01. The Bertz CT molecular complexity index is 930. The normalized spacial score (nSPS) is 10.5.